The second-order valence-electron chi connectivity index (χ2n) is 3.18. The van der Waals surface area contributed by atoms with Crippen LogP contribution in [-0.4, -0.2) is 8.80 Å². The van der Waals surface area contributed by atoms with Crippen molar-refractivity contribution in [3.8, 4) is 0 Å². The smallest absolute Gasteiger partial charge is 0.0559 e. The van der Waals surface area contributed by atoms with Crippen LogP contribution >= 0.6 is 0 Å². The van der Waals surface area contributed by atoms with Gasteiger partial charge in [0.2, 0.25) is 0 Å². The van der Waals surface area contributed by atoms with Crippen molar-refractivity contribution >= 4 is 8.80 Å². The maximum absolute atomic E-state index is 6.00. The molecule has 1 atom stereocenters. The number of hydrogen-bond acceptors (Lipinski definition) is 1. The van der Waals surface area contributed by atoms with Gasteiger partial charge < -0.3 is 5.73 Å². The fraction of sp³-hybridized carbons (Fsp3) is 0.333. The van der Waals surface area contributed by atoms with Gasteiger partial charge >= 0.3 is 0 Å². The average Bonchev–Trinajstić information content (AvgIpc) is 2.05. The monoisotopic (exact) mass is 165 g/mol. The molecule has 0 aromatic heterocycles. The second-order valence-corrected chi connectivity index (χ2v) is 6.39. The summed E-state index contributed by atoms with van der Waals surface area (Å²) in [5.41, 5.74) is 7.60. The maximum atomic E-state index is 6.00. The molecule has 60 valence electrons. The largest absolute Gasteiger partial charge is 0.327 e. The number of hydrogen-bond donors (Lipinski definition) is 1. The summed E-state index contributed by atoms with van der Waals surface area (Å²) in [6.45, 7) is 4.55. The number of benzene rings is 1. The molecule has 1 nitrogen and oxygen atoms in total. The van der Waals surface area contributed by atoms with Gasteiger partial charge in [-0.05, 0) is 5.56 Å². The third kappa shape index (κ3) is 2.17. The van der Waals surface area contributed by atoms with Crippen LogP contribution in [0.25, 0.3) is 0 Å². The Bertz CT molecular complexity index is 208. The molecule has 1 aromatic rings. The van der Waals surface area contributed by atoms with Crippen molar-refractivity contribution in [1.29, 1.82) is 0 Å². The van der Waals surface area contributed by atoms with Gasteiger partial charge in [0.25, 0.3) is 0 Å². The highest BCUT2D eigenvalue weighted by atomic mass is 28.3. The first-order valence-corrected chi connectivity index (χ1v) is 7.00. The first-order chi connectivity index (χ1) is 5.22. The molecule has 0 bridgehead atoms. The van der Waals surface area contributed by atoms with Crippen LogP contribution in [-0.2, 0) is 0 Å². The Labute approximate surface area is 69.8 Å². The molecule has 0 spiro atoms. The molecule has 0 aliphatic carbocycles. The zero-order valence-corrected chi connectivity index (χ0v) is 8.27. The minimum absolute atomic E-state index is 0.316. The number of nitrogens with two attached hydrogens (primary N) is 1. The third-order valence-corrected chi connectivity index (χ3v) is 3.72. The van der Waals surface area contributed by atoms with Gasteiger partial charge in [0.15, 0.2) is 0 Å². The second kappa shape index (κ2) is 3.69. The quantitative estimate of drug-likeness (QED) is 0.663. The summed E-state index contributed by atoms with van der Waals surface area (Å²) in [5, 5.41) is 0. The van der Waals surface area contributed by atoms with Gasteiger partial charge in [-0.2, -0.15) is 0 Å². The van der Waals surface area contributed by atoms with Crippen LogP contribution < -0.4 is 5.73 Å². The zero-order chi connectivity index (χ0) is 8.27. The van der Waals surface area contributed by atoms with E-state index in [-0.39, 0.29) is 0 Å². The van der Waals surface area contributed by atoms with Crippen LogP contribution in [0.15, 0.2) is 30.3 Å². The Morgan fingerprint density at radius 3 is 2.18 bits per heavy atom. The van der Waals surface area contributed by atoms with Gasteiger partial charge in [0, 0.05) is 5.67 Å². The molecular weight excluding hydrogens is 150 g/mol. The molecule has 0 amide bonds. The summed E-state index contributed by atoms with van der Waals surface area (Å²) in [6.07, 6.45) is 0. The summed E-state index contributed by atoms with van der Waals surface area (Å²) >= 11 is 0. The summed E-state index contributed by atoms with van der Waals surface area (Å²) in [7, 11) is -0.714. The Morgan fingerprint density at radius 2 is 1.73 bits per heavy atom. The van der Waals surface area contributed by atoms with Crippen LogP contribution in [0.1, 0.15) is 11.2 Å². The Morgan fingerprint density at radius 1 is 1.18 bits per heavy atom. The first kappa shape index (κ1) is 8.49. The van der Waals surface area contributed by atoms with E-state index in [1.807, 2.05) is 18.2 Å². The zero-order valence-electron chi connectivity index (χ0n) is 7.12. The van der Waals surface area contributed by atoms with Gasteiger partial charge in [0.1, 0.15) is 0 Å². The summed E-state index contributed by atoms with van der Waals surface area (Å²) in [4.78, 5) is 0. The van der Waals surface area contributed by atoms with Gasteiger partial charge in [-0.1, -0.05) is 43.4 Å². The van der Waals surface area contributed by atoms with E-state index in [0.717, 1.165) is 0 Å². The van der Waals surface area contributed by atoms with Gasteiger partial charge in [-0.3, -0.25) is 0 Å². The van der Waals surface area contributed by atoms with Crippen LogP contribution in [0.3, 0.4) is 0 Å². The highest BCUT2D eigenvalue weighted by Gasteiger charge is 2.09. The van der Waals surface area contributed by atoms with Crippen molar-refractivity contribution in [2.24, 2.45) is 5.73 Å². The molecule has 1 rings (SSSR count). The average molecular weight is 165 g/mol. The molecular formula is C9H15NSi. The van der Waals surface area contributed by atoms with Crippen molar-refractivity contribution in [2.45, 2.75) is 18.8 Å². The molecule has 1 unspecified atom stereocenters. The molecule has 1 aromatic carbocycles. The predicted octanol–water partition coefficient (Wildman–Crippen LogP) is 1.71. The van der Waals surface area contributed by atoms with Gasteiger partial charge in [-0.15, -0.1) is 0 Å². The van der Waals surface area contributed by atoms with E-state index in [1.165, 1.54) is 5.56 Å². The molecule has 0 saturated carbocycles. The summed E-state index contributed by atoms with van der Waals surface area (Å²) in [6, 6.07) is 10.3. The number of rotatable bonds is 2. The Kier molecular flexibility index (Phi) is 2.85. The van der Waals surface area contributed by atoms with E-state index >= 15 is 0 Å². The molecule has 0 aliphatic heterocycles. The minimum atomic E-state index is -0.714. The predicted molar refractivity (Wildman–Crippen MR) is 52.2 cm³/mol. The van der Waals surface area contributed by atoms with Gasteiger partial charge in [0.05, 0.1) is 8.80 Å². The maximum Gasteiger partial charge on any atom is 0.0559 e. The molecule has 0 heterocycles. The molecule has 0 saturated heterocycles. The lowest BCUT2D eigenvalue weighted by molar-refractivity contribution is 0.984. The lowest BCUT2D eigenvalue weighted by Gasteiger charge is -2.13. The molecule has 0 radical (unpaired) electrons. The summed E-state index contributed by atoms with van der Waals surface area (Å²) in [5.74, 6) is 0. The molecule has 0 aliphatic rings. The molecule has 2 N–H and O–H groups in total. The topological polar surface area (TPSA) is 26.0 Å². The normalized spacial score (nSPS) is 13.5. The van der Waals surface area contributed by atoms with E-state index < -0.39 is 8.80 Å². The van der Waals surface area contributed by atoms with Crippen LogP contribution in [0.5, 0.6) is 0 Å². The molecule has 11 heavy (non-hydrogen) atoms. The Balaban J connectivity index is 2.77. The van der Waals surface area contributed by atoms with E-state index in [4.69, 9.17) is 5.73 Å². The summed E-state index contributed by atoms with van der Waals surface area (Å²) < 4.78 is 0. The van der Waals surface area contributed by atoms with Crippen molar-refractivity contribution in [2.75, 3.05) is 0 Å². The Hall–Kier alpha value is -0.603. The van der Waals surface area contributed by atoms with E-state index in [1.54, 1.807) is 0 Å². The van der Waals surface area contributed by atoms with Crippen molar-refractivity contribution in [3.05, 3.63) is 35.9 Å². The fourth-order valence-corrected chi connectivity index (χ4v) is 2.05. The molecule has 0 fully saturated rings. The van der Waals surface area contributed by atoms with E-state index in [9.17, 15) is 0 Å². The van der Waals surface area contributed by atoms with Crippen LogP contribution in [0.4, 0.5) is 0 Å². The lowest BCUT2D eigenvalue weighted by atomic mass is 10.2. The standard InChI is InChI=1S/C9H15NSi/c1-11(2)9(10)8-6-4-3-5-7-8/h3-7,9,11H,10H2,1-2H3. The first-order valence-electron chi connectivity index (χ1n) is 4.02. The van der Waals surface area contributed by atoms with E-state index in [2.05, 4.69) is 25.2 Å². The minimum Gasteiger partial charge on any atom is -0.327 e. The van der Waals surface area contributed by atoms with Crippen LogP contribution in [0, 0.1) is 0 Å². The molecule has 2 heteroatoms. The SMILES string of the molecule is C[SiH](C)C(N)c1ccccc1. The van der Waals surface area contributed by atoms with Crippen molar-refractivity contribution in [1.82, 2.24) is 0 Å². The van der Waals surface area contributed by atoms with Gasteiger partial charge in [-0.25, -0.2) is 0 Å². The highest BCUT2D eigenvalue weighted by molar-refractivity contribution is 6.57. The van der Waals surface area contributed by atoms with Crippen LogP contribution in [0.2, 0.25) is 13.1 Å². The fourth-order valence-electron chi connectivity index (χ4n) is 1.06. The highest BCUT2D eigenvalue weighted by Crippen LogP contribution is 2.11. The van der Waals surface area contributed by atoms with Crippen molar-refractivity contribution in [3.63, 3.8) is 0 Å². The third-order valence-electron chi connectivity index (χ3n) is 1.90. The van der Waals surface area contributed by atoms with E-state index in [0.29, 0.717) is 5.67 Å². The van der Waals surface area contributed by atoms with Crippen molar-refractivity contribution < 1.29 is 0 Å². The lowest BCUT2D eigenvalue weighted by Crippen LogP contribution is -2.24.